The molecule has 0 bridgehead atoms. The van der Waals surface area contributed by atoms with Gasteiger partial charge in [-0.25, -0.2) is 9.97 Å². The largest absolute Gasteiger partial charge is 0.348 e. The number of pyridine rings is 1. The Kier molecular flexibility index (Phi) is 4.20. The minimum Gasteiger partial charge on any atom is -0.348 e. The second-order valence-electron chi connectivity index (χ2n) is 7.67. The van der Waals surface area contributed by atoms with E-state index < -0.39 is 0 Å². The summed E-state index contributed by atoms with van der Waals surface area (Å²) < 4.78 is 2.36. The van der Waals surface area contributed by atoms with Crippen LogP contribution < -0.4 is 0 Å². The first kappa shape index (κ1) is 17.1. The molecular weight excluding hydrogens is 348 g/mol. The van der Waals surface area contributed by atoms with Gasteiger partial charge in [0.1, 0.15) is 11.9 Å². The summed E-state index contributed by atoms with van der Waals surface area (Å²) in [6.07, 6.45) is 6.55. The Labute approximate surface area is 164 Å². The van der Waals surface area contributed by atoms with Crippen molar-refractivity contribution in [2.75, 3.05) is 6.54 Å². The summed E-state index contributed by atoms with van der Waals surface area (Å²) in [5.74, 6) is 1.06. The molecule has 0 spiro atoms. The lowest BCUT2D eigenvalue weighted by molar-refractivity contribution is 0.188. The molecule has 6 heteroatoms. The fourth-order valence-corrected chi connectivity index (χ4v) is 4.31. The van der Waals surface area contributed by atoms with Crippen LogP contribution in [0.15, 0.2) is 55.1 Å². The van der Waals surface area contributed by atoms with E-state index in [9.17, 15) is 0 Å². The molecule has 1 aliphatic rings. The molecular formula is C22H24N6. The molecule has 0 saturated heterocycles. The lowest BCUT2D eigenvalue weighted by Gasteiger charge is -2.35. The van der Waals surface area contributed by atoms with Gasteiger partial charge in [0.25, 0.3) is 0 Å². The first-order valence-corrected chi connectivity index (χ1v) is 9.84. The van der Waals surface area contributed by atoms with Crippen LogP contribution in [-0.4, -0.2) is 35.9 Å². The Hall–Kier alpha value is -2.99. The summed E-state index contributed by atoms with van der Waals surface area (Å²) >= 11 is 0. The van der Waals surface area contributed by atoms with E-state index >= 15 is 0 Å². The van der Waals surface area contributed by atoms with Crippen molar-refractivity contribution in [1.82, 2.24) is 29.4 Å². The number of rotatable bonds is 4. The molecule has 1 aliphatic heterocycles. The molecule has 1 unspecified atom stereocenters. The lowest BCUT2D eigenvalue weighted by Crippen LogP contribution is -2.37. The highest BCUT2D eigenvalue weighted by Gasteiger charge is 2.35. The van der Waals surface area contributed by atoms with Crippen LogP contribution in [0.3, 0.4) is 0 Å². The highest BCUT2D eigenvalue weighted by Crippen LogP contribution is 2.36. The van der Waals surface area contributed by atoms with Crippen LogP contribution in [0.2, 0.25) is 0 Å². The quantitative estimate of drug-likeness (QED) is 0.590. The van der Waals surface area contributed by atoms with E-state index in [1.54, 1.807) is 0 Å². The van der Waals surface area contributed by atoms with Crippen molar-refractivity contribution >= 4 is 11.0 Å². The van der Waals surface area contributed by atoms with Crippen LogP contribution in [0, 0.1) is 0 Å². The Morgan fingerprint density at radius 1 is 1.18 bits per heavy atom. The maximum Gasteiger partial charge on any atom is 0.133 e. The van der Waals surface area contributed by atoms with Crippen molar-refractivity contribution in [2.24, 2.45) is 0 Å². The molecule has 4 aromatic rings. The van der Waals surface area contributed by atoms with Gasteiger partial charge in [0.2, 0.25) is 0 Å². The van der Waals surface area contributed by atoms with Crippen LogP contribution >= 0.6 is 0 Å². The van der Waals surface area contributed by atoms with Crippen LogP contribution in [0.25, 0.3) is 11.0 Å². The molecule has 6 nitrogen and oxygen atoms in total. The van der Waals surface area contributed by atoms with Gasteiger partial charge in [0.05, 0.1) is 23.1 Å². The zero-order valence-corrected chi connectivity index (χ0v) is 16.2. The van der Waals surface area contributed by atoms with Gasteiger partial charge in [-0.15, -0.1) is 0 Å². The van der Waals surface area contributed by atoms with Crippen molar-refractivity contribution in [3.05, 3.63) is 77.9 Å². The van der Waals surface area contributed by atoms with Crippen LogP contribution in [-0.2, 0) is 13.0 Å². The fourth-order valence-electron chi connectivity index (χ4n) is 4.31. The number of hydrogen-bond donors (Lipinski definition) is 1. The predicted octanol–water partition coefficient (Wildman–Crippen LogP) is 3.88. The lowest BCUT2D eigenvalue weighted by atomic mass is 10.0. The molecule has 3 aromatic heterocycles. The van der Waals surface area contributed by atoms with Crippen molar-refractivity contribution in [3.63, 3.8) is 0 Å². The number of H-pyrrole nitrogens is 1. The first-order valence-electron chi connectivity index (χ1n) is 9.84. The first-order chi connectivity index (χ1) is 13.7. The van der Waals surface area contributed by atoms with E-state index in [0.29, 0.717) is 6.04 Å². The van der Waals surface area contributed by atoms with Gasteiger partial charge in [-0.05, 0) is 37.6 Å². The molecule has 0 radical (unpaired) electrons. The minimum absolute atomic E-state index is 0.0185. The Morgan fingerprint density at radius 2 is 2.07 bits per heavy atom. The molecule has 1 aromatic carbocycles. The number of para-hydroxylation sites is 2. The molecule has 1 N–H and O–H groups in total. The predicted molar refractivity (Wildman–Crippen MR) is 109 cm³/mol. The molecule has 0 fully saturated rings. The van der Waals surface area contributed by atoms with Crippen molar-refractivity contribution in [3.8, 4) is 0 Å². The Morgan fingerprint density at radius 3 is 2.89 bits per heavy atom. The van der Waals surface area contributed by atoms with E-state index in [1.807, 2.05) is 24.8 Å². The maximum atomic E-state index is 5.08. The highest BCUT2D eigenvalue weighted by molar-refractivity contribution is 5.76. The van der Waals surface area contributed by atoms with Gasteiger partial charge >= 0.3 is 0 Å². The topological polar surface area (TPSA) is 62.6 Å². The number of fused-ring (bicyclic) bond motifs is 2. The van der Waals surface area contributed by atoms with Crippen LogP contribution in [0.1, 0.15) is 48.7 Å². The van der Waals surface area contributed by atoms with Gasteiger partial charge in [0.15, 0.2) is 0 Å². The number of benzene rings is 1. The Bertz CT molecular complexity index is 1090. The van der Waals surface area contributed by atoms with Gasteiger partial charge in [-0.2, -0.15) is 0 Å². The second-order valence-corrected chi connectivity index (χ2v) is 7.67. The number of aromatic amines is 1. The monoisotopic (exact) mass is 372 g/mol. The molecule has 1 atom stereocenters. The molecule has 5 rings (SSSR count). The van der Waals surface area contributed by atoms with Crippen LogP contribution in [0.4, 0.5) is 0 Å². The van der Waals surface area contributed by atoms with Gasteiger partial charge in [-0.1, -0.05) is 18.2 Å². The van der Waals surface area contributed by atoms with Gasteiger partial charge < -0.3 is 9.55 Å². The van der Waals surface area contributed by atoms with Crippen molar-refractivity contribution in [2.45, 2.75) is 38.9 Å². The standard InChI is InChI=1S/C22H24N6/c1-15(2)28-19-8-4-3-7-17(19)26-22(28)21-20-18(24-14-25-20)9-11-27(21)13-16-6-5-10-23-12-16/h3-8,10,12,14-15,21H,9,11,13H2,1-2H3,(H,24,25). The average molecular weight is 372 g/mol. The number of aromatic nitrogens is 5. The van der Waals surface area contributed by atoms with Crippen molar-refractivity contribution in [1.29, 1.82) is 0 Å². The molecule has 4 heterocycles. The summed E-state index contributed by atoms with van der Waals surface area (Å²) in [5, 5.41) is 0. The highest BCUT2D eigenvalue weighted by atomic mass is 15.2. The zero-order valence-electron chi connectivity index (χ0n) is 16.2. The third-order valence-electron chi connectivity index (χ3n) is 5.52. The van der Waals surface area contributed by atoms with Crippen molar-refractivity contribution < 1.29 is 0 Å². The molecule has 0 saturated carbocycles. The molecule has 0 aliphatic carbocycles. The average Bonchev–Trinajstić information content (AvgIpc) is 3.33. The number of hydrogen-bond acceptors (Lipinski definition) is 4. The molecule has 142 valence electrons. The van der Waals surface area contributed by atoms with Gasteiger partial charge in [0, 0.05) is 43.6 Å². The van der Waals surface area contributed by atoms with E-state index in [1.165, 1.54) is 16.8 Å². The minimum atomic E-state index is 0.0185. The number of nitrogens with one attached hydrogen (secondary N) is 1. The zero-order chi connectivity index (χ0) is 19.1. The van der Waals surface area contributed by atoms with E-state index in [4.69, 9.17) is 9.97 Å². The summed E-state index contributed by atoms with van der Waals surface area (Å²) in [6.45, 7) is 6.22. The van der Waals surface area contributed by atoms with E-state index in [2.05, 4.69) is 63.6 Å². The van der Waals surface area contributed by atoms with E-state index in [-0.39, 0.29) is 6.04 Å². The molecule has 0 amide bonds. The summed E-state index contributed by atoms with van der Waals surface area (Å²) in [6, 6.07) is 12.9. The smallest absolute Gasteiger partial charge is 0.133 e. The third kappa shape index (κ3) is 2.81. The summed E-state index contributed by atoms with van der Waals surface area (Å²) in [5.41, 5.74) is 5.73. The summed E-state index contributed by atoms with van der Waals surface area (Å²) in [7, 11) is 0. The SMILES string of the molecule is CC(C)n1c(C2c3nc[nH]c3CCN2Cc2cccnc2)nc2ccccc21. The normalized spacial score (nSPS) is 17.3. The second kappa shape index (κ2) is 6.87. The molecule has 28 heavy (non-hydrogen) atoms. The van der Waals surface area contributed by atoms with E-state index in [0.717, 1.165) is 36.5 Å². The summed E-state index contributed by atoms with van der Waals surface area (Å²) in [4.78, 5) is 19.9. The number of nitrogens with zero attached hydrogens (tertiary/aromatic N) is 5. The fraction of sp³-hybridized carbons (Fsp3) is 0.318. The third-order valence-corrected chi connectivity index (χ3v) is 5.52. The Balaban J connectivity index is 1.66. The maximum absolute atomic E-state index is 5.08. The van der Waals surface area contributed by atoms with Crippen LogP contribution in [0.5, 0.6) is 0 Å². The number of imidazole rings is 2. The van der Waals surface area contributed by atoms with Gasteiger partial charge in [-0.3, -0.25) is 9.88 Å².